The Morgan fingerprint density at radius 3 is 2.72 bits per heavy atom. The summed E-state index contributed by atoms with van der Waals surface area (Å²) in [4.78, 5) is 11.8. The number of thioether (sulfide) groups is 1. The van der Waals surface area contributed by atoms with Crippen molar-refractivity contribution in [1.82, 2.24) is 5.32 Å². The van der Waals surface area contributed by atoms with E-state index in [1.54, 1.807) is 11.8 Å². The van der Waals surface area contributed by atoms with Crippen molar-refractivity contribution in [1.29, 1.82) is 5.26 Å². The van der Waals surface area contributed by atoms with Gasteiger partial charge in [0.1, 0.15) is 5.54 Å². The van der Waals surface area contributed by atoms with E-state index in [9.17, 15) is 10.1 Å². The largest absolute Gasteiger partial charge is 0.337 e. The van der Waals surface area contributed by atoms with E-state index in [4.69, 9.17) is 5.73 Å². The van der Waals surface area contributed by atoms with Crippen LogP contribution < -0.4 is 11.1 Å². The number of carbonyl (C=O) groups is 1. The molecule has 1 aliphatic carbocycles. The molecule has 1 unspecified atom stereocenters. The summed E-state index contributed by atoms with van der Waals surface area (Å²) in [6.45, 7) is 1.97. The molecule has 18 heavy (non-hydrogen) atoms. The zero-order valence-corrected chi connectivity index (χ0v) is 11.9. The average molecular weight is 269 g/mol. The molecule has 0 radical (unpaired) electrons. The third-order valence-electron chi connectivity index (χ3n) is 3.25. The van der Waals surface area contributed by atoms with Crippen LogP contribution in [0.5, 0.6) is 0 Å². The van der Waals surface area contributed by atoms with Gasteiger partial charge in [-0.3, -0.25) is 4.79 Å². The van der Waals surface area contributed by atoms with Crippen molar-refractivity contribution in [2.75, 3.05) is 11.5 Å². The highest BCUT2D eigenvalue weighted by Gasteiger charge is 2.33. The van der Waals surface area contributed by atoms with Gasteiger partial charge in [0.2, 0.25) is 5.91 Å². The maximum atomic E-state index is 11.8. The monoisotopic (exact) mass is 269 g/mol. The summed E-state index contributed by atoms with van der Waals surface area (Å²) in [5.74, 6) is 1.30. The molecule has 102 valence electrons. The number of nitrogens with zero attached hydrogens (tertiary/aromatic N) is 1. The highest BCUT2D eigenvalue weighted by molar-refractivity contribution is 7.99. The van der Waals surface area contributed by atoms with Gasteiger partial charge in [0.15, 0.2) is 0 Å². The van der Waals surface area contributed by atoms with Crippen LogP contribution in [0.25, 0.3) is 0 Å². The first-order valence-electron chi connectivity index (χ1n) is 6.63. The minimum atomic E-state index is -0.600. The quantitative estimate of drug-likeness (QED) is 0.721. The molecule has 0 bridgehead atoms. The lowest BCUT2D eigenvalue weighted by molar-refractivity contribution is -0.120. The Labute approximate surface area is 114 Å². The summed E-state index contributed by atoms with van der Waals surface area (Å²) in [7, 11) is 0. The highest BCUT2D eigenvalue weighted by atomic mass is 32.2. The molecule has 4 nitrogen and oxygen atoms in total. The normalized spacial score (nSPS) is 19.8. The standard InChI is InChI=1S/C13H23N3OS/c1-11(15)5-8-18-9-12(17)16-13(10-14)6-3-2-4-7-13/h11H,2-9,15H2,1H3,(H,16,17). The zero-order chi connectivity index (χ0) is 13.4. The Morgan fingerprint density at radius 2 is 2.17 bits per heavy atom. The number of nitrogens with two attached hydrogens (primary N) is 1. The lowest BCUT2D eigenvalue weighted by Gasteiger charge is -2.31. The maximum Gasteiger partial charge on any atom is 0.231 e. The highest BCUT2D eigenvalue weighted by Crippen LogP contribution is 2.27. The van der Waals surface area contributed by atoms with E-state index < -0.39 is 5.54 Å². The minimum Gasteiger partial charge on any atom is -0.337 e. The third kappa shape index (κ3) is 5.28. The fourth-order valence-corrected chi connectivity index (χ4v) is 3.10. The second-order valence-electron chi connectivity index (χ2n) is 5.12. The van der Waals surface area contributed by atoms with Gasteiger partial charge in [0.05, 0.1) is 11.8 Å². The first-order valence-corrected chi connectivity index (χ1v) is 7.79. The predicted molar refractivity (Wildman–Crippen MR) is 75.2 cm³/mol. The molecule has 3 N–H and O–H groups in total. The van der Waals surface area contributed by atoms with E-state index in [0.717, 1.165) is 37.9 Å². The topological polar surface area (TPSA) is 78.9 Å². The molecule has 1 fully saturated rings. The van der Waals surface area contributed by atoms with Crippen LogP contribution >= 0.6 is 11.8 Å². The molecular weight excluding hydrogens is 246 g/mol. The number of hydrogen-bond donors (Lipinski definition) is 2. The number of hydrogen-bond acceptors (Lipinski definition) is 4. The number of nitrogens with one attached hydrogen (secondary N) is 1. The van der Waals surface area contributed by atoms with Crippen LogP contribution in [0.1, 0.15) is 45.4 Å². The van der Waals surface area contributed by atoms with Crippen LogP contribution in [0.15, 0.2) is 0 Å². The molecule has 1 amide bonds. The molecule has 1 saturated carbocycles. The van der Waals surface area contributed by atoms with Crippen LogP contribution in [0.4, 0.5) is 0 Å². The molecule has 0 spiro atoms. The number of amides is 1. The summed E-state index contributed by atoms with van der Waals surface area (Å²) in [6.07, 6.45) is 5.74. The molecule has 0 aromatic heterocycles. The Morgan fingerprint density at radius 1 is 1.50 bits per heavy atom. The SMILES string of the molecule is CC(N)CCSCC(=O)NC1(C#N)CCCCC1. The second kappa shape index (κ2) is 7.65. The Balaban J connectivity index is 2.27. The van der Waals surface area contributed by atoms with Crippen molar-refractivity contribution >= 4 is 17.7 Å². The molecular formula is C13H23N3OS. The van der Waals surface area contributed by atoms with Gasteiger partial charge < -0.3 is 11.1 Å². The smallest absolute Gasteiger partial charge is 0.231 e. The van der Waals surface area contributed by atoms with Gasteiger partial charge in [-0.25, -0.2) is 0 Å². The van der Waals surface area contributed by atoms with E-state index in [2.05, 4.69) is 11.4 Å². The molecule has 0 saturated heterocycles. The molecule has 0 heterocycles. The van der Waals surface area contributed by atoms with Gasteiger partial charge >= 0.3 is 0 Å². The summed E-state index contributed by atoms with van der Waals surface area (Å²) in [5, 5.41) is 12.2. The first kappa shape index (κ1) is 15.3. The van der Waals surface area contributed by atoms with Crippen LogP contribution in [0.2, 0.25) is 0 Å². The van der Waals surface area contributed by atoms with Gasteiger partial charge in [-0.1, -0.05) is 19.3 Å². The van der Waals surface area contributed by atoms with Crippen molar-refractivity contribution in [2.24, 2.45) is 5.73 Å². The number of rotatable bonds is 6. The maximum absolute atomic E-state index is 11.8. The number of carbonyl (C=O) groups excluding carboxylic acids is 1. The molecule has 0 aromatic rings. The molecule has 5 heteroatoms. The van der Waals surface area contributed by atoms with Crippen LogP contribution in [-0.4, -0.2) is 29.0 Å². The lowest BCUT2D eigenvalue weighted by Crippen LogP contribution is -2.49. The third-order valence-corrected chi connectivity index (χ3v) is 4.24. The van der Waals surface area contributed by atoms with Crippen molar-refractivity contribution in [3.63, 3.8) is 0 Å². The van der Waals surface area contributed by atoms with Crippen LogP contribution in [-0.2, 0) is 4.79 Å². The zero-order valence-electron chi connectivity index (χ0n) is 11.1. The Hall–Kier alpha value is -0.730. The fraction of sp³-hybridized carbons (Fsp3) is 0.846. The molecule has 1 aliphatic rings. The Bertz CT molecular complexity index is 306. The van der Waals surface area contributed by atoms with Gasteiger partial charge in [-0.15, -0.1) is 0 Å². The van der Waals surface area contributed by atoms with Crippen LogP contribution in [0.3, 0.4) is 0 Å². The average Bonchev–Trinajstić information content (AvgIpc) is 2.35. The van der Waals surface area contributed by atoms with Crippen molar-refractivity contribution in [3.8, 4) is 6.07 Å². The van der Waals surface area contributed by atoms with E-state index in [0.29, 0.717) is 5.75 Å². The van der Waals surface area contributed by atoms with E-state index in [1.165, 1.54) is 6.42 Å². The summed E-state index contributed by atoms with van der Waals surface area (Å²) in [6, 6.07) is 2.48. The summed E-state index contributed by atoms with van der Waals surface area (Å²) >= 11 is 1.59. The van der Waals surface area contributed by atoms with Crippen molar-refractivity contribution in [2.45, 2.75) is 57.0 Å². The fourth-order valence-electron chi connectivity index (χ4n) is 2.16. The second-order valence-corrected chi connectivity index (χ2v) is 6.23. The summed E-state index contributed by atoms with van der Waals surface area (Å²) in [5.41, 5.74) is 5.04. The van der Waals surface area contributed by atoms with Gasteiger partial charge in [-0.2, -0.15) is 17.0 Å². The van der Waals surface area contributed by atoms with Gasteiger partial charge in [0.25, 0.3) is 0 Å². The van der Waals surface area contributed by atoms with Gasteiger partial charge in [-0.05, 0) is 31.9 Å². The summed E-state index contributed by atoms with van der Waals surface area (Å²) < 4.78 is 0. The predicted octanol–water partition coefficient (Wildman–Crippen LogP) is 1.80. The van der Waals surface area contributed by atoms with E-state index in [-0.39, 0.29) is 11.9 Å². The lowest BCUT2D eigenvalue weighted by atomic mass is 9.83. The first-order chi connectivity index (χ1) is 8.58. The van der Waals surface area contributed by atoms with Crippen molar-refractivity contribution < 1.29 is 4.79 Å². The van der Waals surface area contributed by atoms with E-state index >= 15 is 0 Å². The minimum absolute atomic E-state index is 0.0203. The van der Waals surface area contributed by atoms with Crippen LogP contribution in [0, 0.1) is 11.3 Å². The number of nitriles is 1. The molecule has 1 atom stereocenters. The molecule has 0 aromatic carbocycles. The van der Waals surface area contributed by atoms with E-state index in [1.807, 2.05) is 6.92 Å². The molecule has 0 aliphatic heterocycles. The van der Waals surface area contributed by atoms with Crippen molar-refractivity contribution in [3.05, 3.63) is 0 Å². The van der Waals surface area contributed by atoms with Gasteiger partial charge in [0, 0.05) is 6.04 Å². The molecule has 1 rings (SSSR count). The Kier molecular flexibility index (Phi) is 6.51.